The largest absolute Gasteiger partial charge is 0.275 e. The number of nitrogens with zero attached hydrogens (tertiary/aromatic N) is 7. The lowest BCUT2D eigenvalue weighted by Crippen LogP contribution is -2.75. The molecule has 4 aliphatic rings. The molecule has 8 nitrogen and oxygen atoms in total. The van der Waals surface area contributed by atoms with Gasteiger partial charge in [0.1, 0.15) is 11.2 Å². The molecule has 4 fully saturated rings. The Morgan fingerprint density at radius 1 is 0.971 bits per heavy atom. The van der Waals surface area contributed by atoms with Crippen LogP contribution in [0.3, 0.4) is 0 Å². The molecule has 0 unspecified atom stereocenters. The zero-order chi connectivity index (χ0) is 23.3. The molecule has 0 amide bonds. The van der Waals surface area contributed by atoms with Crippen molar-refractivity contribution in [2.45, 2.75) is 5.54 Å². The SMILES string of the molecule is N#CNC(=NC12CN3CN(CN(C3)C1)C2)c1cc(-c2ccc(Cl)cc2)n(-c2ccccc2Cl)n1. The number of rotatable bonds is 4. The Morgan fingerprint density at radius 3 is 2.24 bits per heavy atom. The molecule has 0 saturated carbocycles. The maximum atomic E-state index is 9.55. The van der Waals surface area contributed by atoms with Gasteiger partial charge in [0.05, 0.1) is 36.4 Å². The molecule has 0 spiro atoms. The van der Waals surface area contributed by atoms with Gasteiger partial charge in [0, 0.05) is 30.2 Å². The molecule has 10 heteroatoms. The molecule has 0 radical (unpaired) electrons. The lowest BCUT2D eigenvalue weighted by atomic mass is 9.91. The van der Waals surface area contributed by atoms with Crippen LogP contribution in [-0.2, 0) is 0 Å². The zero-order valence-corrected chi connectivity index (χ0v) is 19.8. The van der Waals surface area contributed by atoms with E-state index >= 15 is 0 Å². The third kappa shape index (κ3) is 3.86. The van der Waals surface area contributed by atoms with E-state index in [9.17, 15) is 5.26 Å². The third-order valence-electron chi connectivity index (χ3n) is 6.45. The highest BCUT2D eigenvalue weighted by Crippen LogP contribution is 2.33. The molecule has 3 aromatic rings. The number of hydrogen-bond acceptors (Lipinski definition) is 6. The van der Waals surface area contributed by atoms with E-state index in [0.29, 0.717) is 21.6 Å². The second-order valence-electron chi connectivity index (χ2n) is 9.12. The molecule has 4 aliphatic heterocycles. The van der Waals surface area contributed by atoms with Gasteiger partial charge in [-0.25, -0.2) is 4.68 Å². The monoisotopic (exact) mass is 492 g/mol. The van der Waals surface area contributed by atoms with Crippen molar-refractivity contribution < 1.29 is 0 Å². The average Bonchev–Trinajstić information content (AvgIpc) is 3.24. The van der Waals surface area contributed by atoms with Crippen molar-refractivity contribution in [1.29, 1.82) is 5.26 Å². The van der Waals surface area contributed by atoms with Gasteiger partial charge < -0.3 is 0 Å². The number of nitrogens with one attached hydrogen (secondary N) is 1. The van der Waals surface area contributed by atoms with Crippen LogP contribution >= 0.6 is 23.2 Å². The van der Waals surface area contributed by atoms with Gasteiger partial charge in [-0.1, -0.05) is 47.5 Å². The number of nitriles is 1. The van der Waals surface area contributed by atoms with E-state index in [1.54, 1.807) is 4.68 Å². The Balaban J connectivity index is 1.47. The Hall–Kier alpha value is -2.93. The lowest BCUT2D eigenvalue weighted by Gasteiger charge is -2.59. The highest BCUT2D eigenvalue weighted by molar-refractivity contribution is 6.32. The van der Waals surface area contributed by atoms with Crippen LogP contribution in [0.4, 0.5) is 0 Å². The molecule has 1 aromatic heterocycles. The lowest BCUT2D eigenvalue weighted by molar-refractivity contribution is -0.139. The highest BCUT2D eigenvalue weighted by atomic mass is 35.5. The predicted octanol–water partition coefficient (Wildman–Crippen LogP) is 3.22. The van der Waals surface area contributed by atoms with Gasteiger partial charge in [-0.15, -0.1) is 0 Å². The summed E-state index contributed by atoms with van der Waals surface area (Å²) in [6, 6.07) is 17.1. The Kier molecular flexibility index (Phi) is 5.32. The molecule has 34 heavy (non-hydrogen) atoms. The van der Waals surface area contributed by atoms with E-state index in [2.05, 4.69) is 26.2 Å². The number of para-hydroxylation sites is 1. The molecule has 5 heterocycles. The summed E-state index contributed by atoms with van der Waals surface area (Å²) in [5, 5.41) is 18.5. The maximum absolute atomic E-state index is 9.55. The van der Waals surface area contributed by atoms with Crippen LogP contribution in [0, 0.1) is 11.5 Å². The van der Waals surface area contributed by atoms with E-state index in [0.717, 1.165) is 56.6 Å². The van der Waals surface area contributed by atoms with Crippen LogP contribution in [-0.4, -0.2) is 75.5 Å². The number of hydrogen-bond donors (Lipinski definition) is 1. The van der Waals surface area contributed by atoms with Crippen LogP contribution in [0.1, 0.15) is 5.69 Å². The van der Waals surface area contributed by atoms with Crippen molar-refractivity contribution in [2.24, 2.45) is 4.99 Å². The standard InChI is InChI=1S/C24H22Cl2N8/c25-18-7-5-17(6-8-18)22-9-20(30-34(22)21-4-2-1-3-19(21)26)23(28-13-27)29-24-10-31-14-32(11-24)16-33(12-24)15-31/h1-9H,10-12,14-16H2,(H,28,29). The summed E-state index contributed by atoms with van der Waals surface area (Å²) in [4.78, 5) is 12.3. The minimum Gasteiger partial charge on any atom is -0.275 e. The maximum Gasteiger partial charge on any atom is 0.182 e. The molecule has 4 saturated heterocycles. The van der Waals surface area contributed by atoms with Crippen LogP contribution in [0.5, 0.6) is 0 Å². The number of aliphatic imine (C=N–C) groups is 1. The molecule has 7 rings (SSSR count). The number of benzene rings is 2. The second kappa shape index (κ2) is 8.38. The summed E-state index contributed by atoms with van der Waals surface area (Å²) >= 11 is 12.7. The van der Waals surface area contributed by atoms with Gasteiger partial charge in [0.15, 0.2) is 12.0 Å². The molecule has 0 aliphatic carbocycles. The summed E-state index contributed by atoms with van der Waals surface area (Å²) in [5.74, 6) is 0.467. The minimum atomic E-state index is -0.303. The summed E-state index contributed by atoms with van der Waals surface area (Å²) in [6.45, 7) is 5.51. The number of amidine groups is 1. The van der Waals surface area contributed by atoms with Gasteiger partial charge in [-0.2, -0.15) is 10.4 Å². The van der Waals surface area contributed by atoms with Gasteiger partial charge in [-0.05, 0) is 30.3 Å². The smallest absolute Gasteiger partial charge is 0.182 e. The van der Waals surface area contributed by atoms with E-state index < -0.39 is 0 Å². The topological polar surface area (TPSA) is 75.7 Å². The molecule has 2 aromatic carbocycles. The first-order valence-electron chi connectivity index (χ1n) is 11.1. The first kappa shape index (κ1) is 21.6. The van der Waals surface area contributed by atoms with Crippen molar-refractivity contribution in [2.75, 3.05) is 39.6 Å². The minimum absolute atomic E-state index is 0.303. The van der Waals surface area contributed by atoms with Crippen LogP contribution < -0.4 is 5.32 Å². The van der Waals surface area contributed by atoms with Crippen LogP contribution in [0.2, 0.25) is 10.0 Å². The summed E-state index contributed by atoms with van der Waals surface area (Å²) in [6.07, 6.45) is 2.06. The van der Waals surface area contributed by atoms with Crippen molar-refractivity contribution in [1.82, 2.24) is 29.8 Å². The quantitative estimate of drug-likeness (QED) is 0.261. The first-order valence-corrected chi connectivity index (χ1v) is 11.8. The summed E-state index contributed by atoms with van der Waals surface area (Å²) < 4.78 is 1.80. The normalized spacial score (nSPS) is 27.6. The number of aromatic nitrogens is 2. The van der Waals surface area contributed by atoms with E-state index in [4.69, 9.17) is 33.3 Å². The Labute approximate surface area is 207 Å². The predicted molar refractivity (Wildman–Crippen MR) is 132 cm³/mol. The highest BCUT2D eigenvalue weighted by Gasteiger charge is 2.49. The Bertz CT molecular complexity index is 1270. The third-order valence-corrected chi connectivity index (χ3v) is 7.02. The molecule has 1 N–H and O–H groups in total. The fourth-order valence-corrected chi connectivity index (χ4v) is 5.70. The van der Waals surface area contributed by atoms with Gasteiger partial charge in [0.25, 0.3) is 0 Å². The second-order valence-corrected chi connectivity index (χ2v) is 9.96. The van der Waals surface area contributed by atoms with Crippen molar-refractivity contribution in [3.05, 3.63) is 70.3 Å². The van der Waals surface area contributed by atoms with E-state index in [1.807, 2.05) is 54.6 Å². The van der Waals surface area contributed by atoms with Crippen LogP contribution in [0.15, 0.2) is 59.6 Å². The average molecular weight is 493 g/mol. The van der Waals surface area contributed by atoms with Crippen molar-refractivity contribution in [3.8, 4) is 23.1 Å². The molecule has 4 bridgehead atoms. The van der Waals surface area contributed by atoms with Crippen LogP contribution in [0.25, 0.3) is 16.9 Å². The zero-order valence-electron chi connectivity index (χ0n) is 18.3. The van der Waals surface area contributed by atoms with E-state index in [-0.39, 0.29) is 5.54 Å². The van der Waals surface area contributed by atoms with Gasteiger partial charge in [-0.3, -0.25) is 25.0 Å². The molecule has 172 valence electrons. The first-order chi connectivity index (χ1) is 16.5. The number of halogens is 2. The van der Waals surface area contributed by atoms with Gasteiger partial charge in [0.2, 0.25) is 0 Å². The summed E-state index contributed by atoms with van der Waals surface area (Å²) in [5.41, 5.74) is 2.78. The molecular formula is C24H22Cl2N8. The van der Waals surface area contributed by atoms with E-state index in [1.165, 1.54) is 0 Å². The fourth-order valence-electron chi connectivity index (χ4n) is 5.36. The van der Waals surface area contributed by atoms with Crippen molar-refractivity contribution in [3.63, 3.8) is 0 Å². The fraction of sp³-hybridized carbons (Fsp3) is 0.292. The van der Waals surface area contributed by atoms with Gasteiger partial charge >= 0.3 is 0 Å². The molecular weight excluding hydrogens is 471 g/mol. The summed E-state index contributed by atoms with van der Waals surface area (Å²) in [7, 11) is 0. The van der Waals surface area contributed by atoms with Crippen molar-refractivity contribution >= 4 is 29.0 Å². The Morgan fingerprint density at radius 2 is 1.62 bits per heavy atom. The molecule has 0 atom stereocenters.